The van der Waals surface area contributed by atoms with Gasteiger partial charge in [0.15, 0.2) is 0 Å². The normalized spacial score (nSPS) is 27.5. The molecule has 5 nitrogen and oxygen atoms in total. The molecule has 0 spiro atoms. The predicted molar refractivity (Wildman–Crippen MR) is 122 cm³/mol. The smallest absolute Gasteiger partial charge is 0.309 e. The minimum absolute atomic E-state index is 0.0288. The number of carbonyl (C=O) groups excluding carboxylic acids is 2. The van der Waals surface area contributed by atoms with Crippen molar-refractivity contribution in [1.29, 1.82) is 0 Å². The van der Waals surface area contributed by atoms with Crippen LogP contribution in [0.1, 0.15) is 91.9 Å². The van der Waals surface area contributed by atoms with Gasteiger partial charge in [-0.1, -0.05) is 38.8 Å². The fraction of sp³-hybridized carbons (Fsp3) is 0.808. The second kappa shape index (κ2) is 10.9. The number of aliphatic carboxylic acids is 1. The van der Waals surface area contributed by atoms with E-state index in [1.807, 2.05) is 26.0 Å². The molecule has 0 aromatic rings. The molecule has 0 heterocycles. The Kier molecular flexibility index (Phi) is 9.05. The second-order valence-corrected chi connectivity index (χ2v) is 11.2. The summed E-state index contributed by atoms with van der Waals surface area (Å²) in [4.78, 5) is 36.7. The monoisotopic (exact) mass is 434 g/mol. The summed E-state index contributed by atoms with van der Waals surface area (Å²) >= 11 is 0. The summed E-state index contributed by atoms with van der Waals surface area (Å²) in [5.41, 5.74) is -0.822. The molecule has 4 atom stereocenters. The number of hydrogen-bond donors (Lipinski definition) is 2. The first-order valence-corrected chi connectivity index (χ1v) is 12.1. The zero-order valence-corrected chi connectivity index (χ0v) is 19.9. The highest BCUT2D eigenvalue weighted by atomic mass is 16.4. The topological polar surface area (TPSA) is 91.7 Å². The van der Waals surface area contributed by atoms with Gasteiger partial charge in [0.2, 0.25) is 0 Å². The number of carboxylic acids is 1. The SMILES string of the molecule is CC(C)(CO)CCCC1CCC(/C=C/C2CCC(CCCC(C)(C)C(=O)O)C2=O)C1=O. The molecule has 0 aromatic carbocycles. The highest BCUT2D eigenvalue weighted by molar-refractivity contribution is 5.88. The lowest BCUT2D eigenvalue weighted by atomic mass is 9.85. The molecule has 0 radical (unpaired) electrons. The van der Waals surface area contributed by atoms with E-state index in [0.717, 1.165) is 57.8 Å². The summed E-state index contributed by atoms with van der Waals surface area (Å²) in [6, 6.07) is 0. The molecule has 5 heteroatoms. The van der Waals surface area contributed by atoms with Crippen molar-refractivity contribution in [2.75, 3.05) is 6.61 Å². The van der Waals surface area contributed by atoms with Crippen molar-refractivity contribution in [3.8, 4) is 0 Å². The number of rotatable bonds is 12. The third-order valence-corrected chi connectivity index (χ3v) is 7.53. The molecule has 2 saturated carbocycles. The maximum atomic E-state index is 12.7. The molecule has 0 saturated heterocycles. The van der Waals surface area contributed by atoms with E-state index in [4.69, 9.17) is 0 Å². The predicted octanol–water partition coefficient (Wildman–Crippen LogP) is 5.20. The number of aliphatic hydroxyl groups excluding tert-OH is 1. The number of carbonyl (C=O) groups is 3. The highest BCUT2D eigenvalue weighted by Gasteiger charge is 2.35. The minimum atomic E-state index is -0.789. The molecule has 0 aromatic heterocycles. The first kappa shape index (κ1) is 25.8. The van der Waals surface area contributed by atoms with Crippen LogP contribution in [0.4, 0.5) is 0 Å². The zero-order valence-electron chi connectivity index (χ0n) is 19.9. The molecule has 0 bridgehead atoms. The Labute approximate surface area is 187 Å². The van der Waals surface area contributed by atoms with Crippen LogP contribution in [0, 0.1) is 34.5 Å². The lowest BCUT2D eigenvalue weighted by molar-refractivity contribution is -0.147. The van der Waals surface area contributed by atoms with Gasteiger partial charge in [0.1, 0.15) is 11.6 Å². The molecule has 0 aliphatic heterocycles. The van der Waals surface area contributed by atoms with Gasteiger partial charge in [-0.3, -0.25) is 14.4 Å². The molecule has 176 valence electrons. The van der Waals surface area contributed by atoms with E-state index < -0.39 is 11.4 Å². The third-order valence-electron chi connectivity index (χ3n) is 7.53. The molecule has 0 amide bonds. The Hall–Kier alpha value is -1.49. The second-order valence-electron chi connectivity index (χ2n) is 11.2. The van der Waals surface area contributed by atoms with Crippen LogP contribution in [0.3, 0.4) is 0 Å². The molecular formula is C26H42O5. The lowest BCUT2D eigenvalue weighted by Gasteiger charge is -2.21. The molecule has 2 N–H and O–H groups in total. The van der Waals surface area contributed by atoms with Crippen LogP contribution in [0.5, 0.6) is 0 Å². The van der Waals surface area contributed by atoms with E-state index in [1.165, 1.54) is 0 Å². The van der Waals surface area contributed by atoms with Crippen LogP contribution >= 0.6 is 0 Å². The summed E-state index contributed by atoms with van der Waals surface area (Å²) in [6.07, 6.45) is 12.3. The average Bonchev–Trinajstić information content (AvgIpc) is 3.23. The van der Waals surface area contributed by atoms with E-state index in [1.54, 1.807) is 13.8 Å². The Balaban J connectivity index is 1.76. The molecule has 2 fully saturated rings. The van der Waals surface area contributed by atoms with Crippen LogP contribution in [0.25, 0.3) is 0 Å². The minimum Gasteiger partial charge on any atom is -0.481 e. The molecule has 2 aliphatic carbocycles. The molecule has 2 rings (SSSR count). The number of aliphatic hydroxyl groups is 1. The summed E-state index contributed by atoms with van der Waals surface area (Å²) in [5, 5.41) is 18.6. The van der Waals surface area contributed by atoms with Crippen molar-refractivity contribution in [3.05, 3.63) is 12.2 Å². The number of carboxylic acid groups (broad SMARTS) is 1. The first-order chi connectivity index (χ1) is 14.5. The number of hydrogen-bond acceptors (Lipinski definition) is 4. The molecule has 2 aliphatic rings. The van der Waals surface area contributed by atoms with Crippen LogP contribution in [-0.4, -0.2) is 34.4 Å². The van der Waals surface area contributed by atoms with Gasteiger partial charge in [-0.05, 0) is 70.6 Å². The highest BCUT2D eigenvalue weighted by Crippen LogP contribution is 2.36. The van der Waals surface area contributed by atoms with Crippen molar-refractivity contribution >= 4 is 17.5 Å². The summed E-state index contributed by atoms with van der Waals surface area (Å²) < 4.78 is 0. The Morgan fingerprint density at radius 3 is 1.74 bits per heavy atom. The summed E-state index contributed by atoms with van der Waals surface area (Å²) in [5.74, 6) is -0.208. The fourth-order valence-corrected chi connectivity index (χ4v) is 4.96. The number of allylic oxidation sites excluding steroid dienone is 2. The quantitative estimate of drug-likeness (QED) is 0.412. The maximum absolute atomic E-state index is 12.7. The van der Waals surface area contributed by atoms with Crippen molar-refractivity contribution in [2.45, 2.75) is 91.9 Å². The largest absolute Gasteiger partial charge is 0.481 e. The zero-order chi connectivity index (χ0) is 23.2. The molecule has 31 heavy (non-hydrogen) atoms. The van der Waals surface area contributed by atoms with Crippen LogP contribution in [-0.2, 0) is 14.4 Å². The standard InChI is InChI=1S/C26H42O5/c1-25(2,17-27)15-5-7-18-9-11-20(22(18)28)13-14-21-12-10-19(23(21)29)8-6-16-26(3,4)24(30)31/h13-14,18-21,27H,5-12,15-17H2,1-4H3,(H,30,31)/b14-13+. The fourth-order valence-electron chi connectivity index (χ4n) is 4.96. The van der Waals surface area contributed by atoms with Gasteiger partial charge in [-0.15, -0.1) is 0 Å². The van der Waals surface area contributed by atoms with E-state index in [0.29, 0.717) is 12.2 Å². The van der Waals surface area contributed by atoms with Crippen LogP contribution in [0.15, 0.2) is 12.2 Å². The summed E-state index contributed by atoms with van der Waals surface area (Å²) in [6.45, 7) is 7.74. The van der Waals surface area contributed by atoms with E-state index in [-0.39, 0.29) is 41.5 Å². The summed E-state index contributed by atoms with van der Waals surface area (Å²) in [7, 11) is 0. The Morgan fingerprint density at radius 2 is 1.32 bits per heavy atom. The van der Waals surface area contributed by atoms with Gasteiger partial charge in [-0.25, -0.2) is 0 Å². The Bertz CT molecular complexity index is 675. The van der Waals surface area contributed by atoms with Gasteiger partial charge in [0, 0.05) is 30.3 Å². The molecular weight excluding hydrogens is 392 g/mol. The number of ketones is 2. The Morgan fingerprint density at radius 1 is 0.871 bits per heavy atom. The van der Waals surface area contributed by atoms with Gasteiger partial charge < -0.3 is 10.2 Å². The molecule has 4 unspecified atom stereocenters. The third kappa shape index (κ3) is 7.27. The number of Topliss-reactive ketones (excluding diaryl/α,β-unsaturated/α-hetero) is 2. The van der Waals surface area contributed by atoms with Crippen molar-refractivity contribution in [3.63, 3.8) is 0 Å². The van der Waals surface area contributed by atoms with E-state index >= 15 is 0 Å². The van der Waals surface area contributed by atoms with E-state index in [9.17, 15) is 24.6 Å². The maximum Gasteiger partial charge on any atom is 0.309 e. The van der Waals surface area contributed by atoms with Crippen LogP contribution < -0.4 is 0 Å². The van der Waals surface area contributed by atoms with E-state index in [2.05, 4.69) is 0 Å². The van der Waals surface area contributed by atoms with Crippen molar-refractivity contribution in [1.82, 2.24) is 0 Å². The van der Waals surface area contributed by atoms with Gasteiger partial charge in [0.25, 0.3) is 0 Å². The van der Waals surface area contributed by atoms with Crippen molar-refractivity contribution in [2.24, 2.45) is 34.5 Å². The van der Waals surface area contributed by atoms with Crippen LogP contribution in [0.2, 0.25) is 0 Å². The average molecular weight is 435 g/mol. The first-order valence-electron chi connectivity index (χ1n) is 12.1. The van der Waals surface area contributed by atoms with Gasteiger partial charge >= 0.3 is 5.97 Å². The van der Waals surface area contributed by atoms with Gasteiger partial charge in [-0.2, -0.15) is 0 Å². The van der Waals surface area contributed by atoms with Gasteiger partial charge in [0.05, 0.1) is 5.41 Å². The van der Waals surface area contributed by atoms with Crippen molar-refractivity contribution < 1.29 is 24.6 Å². The lowest BCUT2D eigenvalue weighted by Crippen LogP contribution is -2.24.